The van der Waals surface area contributed by atoms with E-state index in [1.165, 1.54) is 4.68 Å². The van der Waals surface area contributed by atoms with Crippen LogP contribution in [-0.2, 0) is 4.74 Å². The van der Waals surface area contributed by atoms with Crippen LogP contribution in [0.1, 0.15) is 19.8 Å². The lowest BCUT2D eigenvalue weighted by Crippen LogP contribution is -2.38. The van der Waals surface area contributed by atoms with Crippen molar-refractivity contribution in [3.63, 3.8) is 0 Å². The van der Waals surface area contributed by atoms with Gasteiger partial charge in [-0.3, -0.25) is 4.79 Å². The SMILES string of the molecule is CCCCOc1nn(-c2ccccc2)c(=O)cc1N1CCOCC1. The summed E-state index contributed by atoms with van der Waals surface area (Å²) in [6.45, 7) is 5.48. The summed E-state index contributed by atoms with van der Waals surface area (Å²) in [5.74, 6) is 0.508. The van der Waals surface area contributed by atoms with E-state index in [1.54, 1.807) is 6.07 Å². The Balaban J connectivity index is 1.98. The third-order valence-electron chi connectivity index (χ3n) is 3.97. The van der Waals surface area contributed by atoms with E-state index in [1.807, 2.05) is 30.3 Å². The van der Waals surface area contributed by atoms with Crippen LogP contribution in [0.4, 0.5) is 5.69 Å². The Kier molecular flexibility index (Phi) is 5.48. The molecular weight excluding hydrogens is 306 g/mol. The number of benzene rings is 1. The summed E-state index contributed by atoms with van der Waals surface area (Å²) >= 11 is 0. The van der Waals surface area contributed by atoms with E-state index in [9.17, 15) is 4.79 Å². The van der Waals surface area contributed by atoms with Crippen molar-refractivity contribution >= 4 is 5.69 Å². The maximum Gasteiger partial charge on any atom is 0.273 e. The number of anilines is 1. The Labute approximate surface area is 141 Å². The van der Waals surface area contributed by atoms with Crippen molar-refractivity contribution in [2.45, 2.75) is 19.8 Å². The molecule has 6 nitrogen and oxygen atoms in total. The predicted molar refractivity (Wildman–Crippen MR) is 93.3 cm³/mol. The van der Waals surface area contributed by atoms with Crippen molar-refractivity contribution in [1.82, 2.24) is 9.78 Å². The van der Waals surface area contributed by atoms with Gasteiger partial charge in [0.15, 0.2) is 0 Å². The first-order valence-electron chi connectivity index (χ1n) is 8.45. The monoisotopic (exact) mass is 329 g/mol. The predicted octanol–water partition coefficient (Wildman–Crippen LogP) is 2.25. The van der Waals surface area contributed by atoms with Gasteiger partial charge in [0.1, 0.15) is 5.69 Å². The Hall–Kier alpha value is -2.34. The summed E-state index contributed by atoms with van der Waals surface area (Å²) in [5, 5.41) is 4.49. The van der Waals surface area contributed by atoms with E-state index in [4.69, 9.17) is 9.47 Å². The van der Waals surface area contributed by atoms with Crippen molar-refractivity contribution in [2.75, 3.05) is 37.8 Å². The molecule has 128 valence electrons. The molecule has 0 saturated carbocycles. The van der Waals surface area contributed by atoms with Crippen LogP contribution in [0, 0.1) is 0 Å². The summed E-state index contributed by atoms with van der Waals surface area (Å²) in [6, 6.07) is 11.0. The number of unbranched alkanes of at least 4 members (excludes halogenated alkanes) is 1. The molecule has 0 amide bonds. The van der Waals surface area contributed by atoms with Gasteiger partial charge >= 0.3 is 0 Å². The summed E-state index contributed by atoms with van der Waals surface area (Å²) in [4.78, 5) is 14.7. The van der Waals surface area contributed by atoms with E-state index in [2.05, 4.69) is 16.9 Å². The second-order valence-corrected chi connectivity index (χ2v) is 5.72. The second kappa shape index (κ2) is 7.97. The molecule has 3 rings (SSSR count). The molecule has 0 spiro atoms. The Morgan fingerprint density at radius 3 is 2.67 bits per heavy atom. The van der Waals surface area contributed by atoms with Crippen LogP contribution in [-0.4, -0.2) is 42.7 Å². The molecule has 1 aromatic heterocycles. The first-order valence-corrected chi connectivity index (χ1v) is 8.45. The molecule has 0 bridgehead atoms. The fraction of sp³-hybridized carbons (Fsp3) is 0.444. The number of hydrogen-bond acceptors (Lipinski definition) is 5. The van der Waals surface area contributed by atoms with Crippen LogP contribution in [0.2, 0.25) is 0 Å². The molecular formula is C18H23N3O3. The smallest absolute Gasteiger partial charge is 0.273 e. The fourth-order valence-electron chi connectivity index (χ4n) is 2.63. The van der Waals surface area contributed by atoms with Crippen LogP contribution in [0.3, 0.4) is 0 Å². The number of hydrogen-bond donors (Lipinski definition) is 0. The Morgan fingerprint density at radius 2 is 1.96 bits per heavy atom. The van der Waals surface area contributed by atoms with Gasteiger partial charge in [0.2, 0.25) is 0 Å². The minimum absolute atomic E-state index is 0.162. The number of para-hydroxylation sites is 1. The first-order chi connectivity index (χ1) is 11.8. The van der Waals surface area contributed by atoms with Gasteiger partial charge < -0.3 is 14.4 Å². The van der Waals surface area contributed by atoms with Crippen molar-refractivity contribution in [3.05, 3.63) is 46.8 Å². The van der Waals surface area contributed by atoms with E-state index in [0.717, 1.165) is 37.3 Å². The number of ether oxygens (including phenoxy) is 2. The van der Waals surface area contributed by atoms with Crippen LogP contribution in [0.25, 0.3) is 5.69 Å². The lowest BCUT2D eigenvalue weighted by Gasteiger charge is -2.29. The topological polar surface area (TPSA) is 56.6 Å². The van der Waals surface area contributed by atoms with Crippen LogP contribution < -0.4 is 15.2 Å². The highest BCUT2D eigenvalue weighted by Gasteiger charge is 2.19. The molecule has 1 saturated heterocycles. The van der Waals surface area contributed by atoms with Crippen molar-refractivity contribution < 1.29 is 9.47 Å². The number of morpholine rings is 1. The van der Waals surface area contributed by atoms with E-state index in [-0.39, 0.29) is 5.56 Å². The molecule has 0 N–H and O–H groups in total. The standard InChI is InChI=1S/C18H23N3O3/c1-2-3-11-24-18-16(20-9-12-23-13-10-20)14-17(22)21(19-18)15-7-5-4-6-8-15/h4-8,14H,2-3,9-13H2,1H3. The molecule has 1 aromatic carbocycles. The average Bonchev–Trinajstić information content (AvgIpc) is 2.64. The highest BCUT2D eigenvalue weighted by molar-refractivity contribution is 5.55. The van der Waals surface area contributed by atoms with Gasteiger partial charge in [-0.25, -0.2) is 0 Å². The molecule has 0 radical (unpaired) electrons. The van der Waals surface area contributed by atoms with Gasteiger partial charge in [0.05, 0.1) is 25.5 Å². The minimum atomic E-state index is -0.162. The van der Waals surface area contributed by atoms with E-state index < -0.39 is 0 Å². The fourth-order valence-corrected chi connectivity index (χ4v) is 2.63. The third kappa shape index (κ3) is 3.76. The zero-order valence-electron chi connectivity index (χ0n) is 14.0. The van der Waals surface area contributed by atoms with Gasteiger partial charge in [-0.1, -0.05) is 31.5 Å². The molecule has 1 aliphatic heterocycles. The normalized spacial score (nSPS) is 14.6. The molecule has 2 aromatic rings. The zero-order valence-corrected chi connectivity index (χ0v) is 14.0. The van der Waals surface area contributed by atoms with Gasteiger partial charge in [-0.15, -0.1) is 5.10 Å². The maximum atomic E-state index is 12.6. The first kappa shape index (κ1) is 16.5. The summed E-state index contributed by atoms with van der Waals surface area (Å²) in [6.07, 6.45) is 2.00. The van der Waals surface area contributed by atoms with Crippen LogP contribution in [0.5, 0.6) is 5.88 Å². The number of nitrogens with zero attached hydrogens (tertiary/aromatic N) is 3. The van der Waals surface area contributed by atoms with Crippen molar-refractivity contribution in [2.24, 2.45) is 0 Å². The largest absolute Gasteiger partial charge is 0.475 e. The Morgan fingerprint density at radius 1 is 1.21 bits per heavy atom. The van der Waals surface area contributed by atoms with Crippen LogP contribution >= 0.6 is 0 Å². The van der Waals surface area contributed by atoms with Crippen LogP contribution in [0.15, 0.2) is 41.2 Å². The number of aromatic nitrogens is 2. The third-order valence-corrected chi connectivity index (χ3v) is 3.97. The molecule has 0 atom stereocenters. The number of rotatable bonds is 6. The van der Waals surface area contributed by atoms with Gasteiger partial charge in [0.25, 0.3) is 11.4 Å². The van der Waals surface area contributed by atoms with Gasteiger partial charge in [-0.05, 0) is 18.6 Å². The van der Waals surface area contributed by atoms with E-state index >= 15 is 0 Å². The Bertz CT molecular complexity index is 709. The summed E-state index contributed by atoms with van der Waals surface area (Å²) in [5.41, 5.74) is 1.33. The minimum Gasteiger partial charge on any atom is -0.475 e. The van der Waals surface area contributed by atoms with Gasteiger partial charge in [-0.2, -0.15) is 4.68 Å². The summed E-state index contributed by atoms with van der Waals surface area (Å²) in [7, 11) is 0. The summed E-state index contributed by atoms with van der Waals surface area (Å²) < 4.78 is 12.7. The van der Waals surface area contributed by atoms with E-state index in [0.29, 0.717) is 25.7 Å². The molecule has 0 aliphatic carbocycles. The lowest BCUT2D eigenvalue weighted by atomic mass is 10.3. The molecule has 0 unspecified atom stereocenters. The van der Waals surface area contributed by atoms with Gasteiger partial charge in [0, 0.05) is 19.2 Å². The highest BCUT2D eigenvalue weighted by atomic mass is 16.5. The second-order valence-electron chi connectivity index (χ2n) is 5.72. The molecule has 2 heterocycles. The quantitative estimate of drug-likeness (QED) is 0.761. The molecule has 6 heteroatoms. The molecule has 24 heavy (non-hydrogen) atoms. The average molecular weight is 329 g/mol. The van der Waals surface area contributed by atoms with Crippen molar-refractivity contribution in [3.8, 4) is 11.6 Å². The van der Waals surface area contributed by atoms with Crippen molar-refractivity contribution in [1.29, 1.82) is 0 Å². The maximum absolute atomic E-state index is 12.6. The molecule has 1 fully saturated rings. The highest BCUT2D eigenvalue weighted by Crippen LogP contribution is 2.25. The molecule has 1 aliphatic rings. The lowest BCUT2D eigenvalue weighted by molar-refractivity contribution is 0.122. The zero-order chi connectivity index (χ0) is 16.8.